The molecule has 6 heteroatoms. The third-order valence-corrected chi connectivity index (χ3v) is 2.62. The molecule has 15 heavy (non-hydrogen) atoms. The molecule has 0 aliphatic heterocycles. The van der Waals surface area contributed by atoms with Crippen molar-refractivity contribution in [3.8, 4) is 0 Å². The average Bonchev–Trinajstić information content (AvgIpc) is 2.05. The molecule has 0 spiro atoms. The fraction of sp³-hybridized carbons (Fsp3) is 1.00. The molecule has 4 N–H and O–H groups in total. The number of nitrogens with two attached hydrogens (primary N) is 1. The van der Waals surface area contributed by atoms with Gasteiger partial charge in [0, 0.05) is 12.1 Å². The summed E-state index contributed by atoms with van der Waals surface area (Å²) in [5.41, 5.74) is 5.66. The van der Waals surface area contributed by atoms with Crippen molar-refractivity contribution in [3.05, 3.63) is 0 Å². The van der Waals surface area contributed by atoms with Crippen molar-refractivity contribution in [2.75, 3.05) is 0 Å². The smallest absolute Gasteiger partial charge is 0.378 e. The van der Waals surface area contributed by atoms with Gasteiger partial charge >= 0.3 is 6.18 Å². The second kappa shape index (κ2) is 5.14. The molecule has 0 aromatic carbocycles. The molecular weight excluding hydrogens is 209 g/mol. The maximum Gasteiger partial charge on any atom is 0.392 e. The lowest BCUT2D eigenvalue weighted by Gasteiger charge is -2.29. The Morgan fingerprint density at radius 2 is 1.80 bits per heavy atom. The van der Waals surface area contributed by atoms with Crippen LogP contribution in [0.25, 0.3) is 0 Å². The Kier molecular flexibility index (Phi) is 4.36. The van der Waals surface area contributed by atoms with E-state index < -0.39 is 18.8 Å². The van der Waals surface area contributed by atoms with Gasteiger partial charge in [-0.05, 0) is 25.7 Å². The van der Waals surface area contributed by atoms with E-state index in [2.05, 4.69) is 5.32 Å². The van der Waals surface area contributed by atoms with Gasteiger partial charge in [-0.1, -0.05) is 0 Å². The van der Waals surface area contributed by atoms with Crippen molar-refractivity contribution in [2.45, 2.75) is 56.6 Å². The second-order valence-electron chi connectivity index (χ2n) is 4.11. The Morgan fingerprint density at radius 3 is 2.27 bits per heavy atom. The number of hydrogen-bond acceptors (Lipinski definition) is 3. The van der Waals surface area contributed by atoms with Gasteiger partial charge in [-0.2, -0.15) is 13.2 Å². The van der Waals surface area contributed by atoms with E-state index in [1.54, 1.807) is 0 Å². The maximum absolute atomic E-state index is 11.9. The molecule has 0 saturated heterocycles. The normalized spacial score (nSPS) is 30.2. The topological polar surface area (TPSA) is 58.3 Å². The highest BCUT2D eigenvalue weighted by molar-refractivity contribution is 4.79. The van der Waals surface area contributed by atoms with E-state index in [0.717, 1.165) is 25.7 Å². The number of aliphatic hydroxyl groups is 1. The molecule has 0 heterocycles. The first-order valence-electron chi connectivity index (χ1n) is 5.13. The van der Waals surface area contributed by atoms with E-state index in [4.69, 9.17) is 10.8 Å². The average molecular weight is 226 g/mol. The minimum atomic E-state index is -4.32. The van der Waals surface area contributed by atoms with Crippen molar-refractivity contribution in [1.82, 2.24) is 5.32 Å². The van der Waals surface area contributed by atoms with Crippen LogP contribution in [0.5, 0.6) is 0 Å². The summed E-state index contributed by atoms with van der Waals surface area (Å²) in [7, 11) is 0. The second-order valence-corrected chi connectivity index (χ2v) is 4.11. The quantitative estimate of drug-likeness (QED) is 0.632. The predicted molar refractivity (Wildman–Crippen MR) is 50.0 cm³/mol. The summed E-state index contributed by atoms with van der Waals surface area (Å²) in [6, 6.07) is 0.116. The number of rotatable bonds is 3. The van der Waals surface area contributed by atoms with Crippen LogP contribution in [0.1, 0.15) is 32.1 Å². The molecule has 1 aliphatic carbocycles. The summed E-state index contributed by atoms with van der Waals surface area (Å²) in [4.78, 5) is 0. The van der Waals surface area contributed by atoms with Crippen molar-refractivity contribution in [1.29, 1.82) is 0 Å². The van der Waals surface area contributed by atoms with Gasteiger partial charge in [0.1, 0.15) is 6.23 Å². The summed E-state index contributed by atoms with van der Waals surface area (Å²) in [6.07, 6.45) is -3.95. The van der Waals surface area contributed by atoms with Gasteiger partial charge in [0.2, 0.25) is 0 Å². The van der Waals surface area contributed by atoms with E-state index >= 15 is 0 Å². The molecule has 0 aromatic heterocycles. The van der Waals surface area contributed by atoms with Crippen molar-refractivity contribution in [2.24, 2.45) is 5.73 Å². The lowest BCUT2D eigenvalue weighted by molar-refractivity contribution is -0.158. The number of halogens is 3. The SMILES string of the molecule is NC1CCC(NC(O)CC(F)(F)F)CC1. The minimum absolute atomic E-state index is 0.0397. The van der Waals surface area contributed by atoms with E-state index in [1.807, 2.05) is 0 Å². The number of nitrogens with one attached hydrogen (secondary N) is 1. The van der Waals surface area contributed by atoms with Gasteiger partial charge in [-0.15, -0.1) is 0 Å². The Hall–Kier alpha value is -0.330. The molecule has 3 nitrogen and oxygen atoms in total. The van der Waals surface area contributed by atoms with E-state index in [-0.39, 0.29) is 12.1 Å². The van der Waals surface area contributed by atoms with Gasteiger partial charge in [0.25, 0.3) is 0 Å². The van der Waals surface area contributed by atoms with Crippen LogP contribution in [0.4, 0.5) is 13.2 Å². The standard InChI is InChI=1S/C9H17F3N2O/c10-9(11,12)5-8(15)14-7-3-1-6(13)2-4-7/h6-8,14-15H,1-5,13H2. The van der Waals surface area contributed by atoms with Crippen LogP contribution in [0.3, 0.4) is 0 Å². The molecule has 1 aliphatic rings. The summed E-state index contributed by atoms with van der Waals surface area (Å²) in [6.45, 7) is 0. The largest absolute Gasteiger partial charge is 0.392 e. The van der Waals surface area contributed by atoms with Crippen LogP contribution in [0, 0.1) is 0 Å². The van der Waals surface area contributed by atoms with Crippen molar-refractivity contribution < 1.29 is 18.3 Å². The van der Waals surface area contributed by atoms with E-state index in [0.29, 0.717) is 0 Å². The summed E-state index contributed by atoms with van der Waals surface area (Å²) < 4.78 is 35.7. The summed E-state index contributed by atoms with van der Waals surface area (Å²) in [5, 5.41) is 11.7. The number of hydrogen-bond donors (Lipinski definition) is 3. The van der Waals surface area contributed by atoms with Gasteiger partial charge in [-0.25, -0.2) is 0 Å². The van der Waals surface area contributed by atoms with Gasteiger partial charge in [-0.3, -0.25) is 5.32 Å². The van der Waals surface area contributed by atoms with Gasteiger partial charge < -0.3 is 10.8 Å². The molecule has 1 atom stereocenters. The molecule has 0 radical (unpaired) electrons. The molecule has 1 fully saturated rings. The Labute approximate surface area is 86.8 Å². The fourth-order valence-corrected chi connectivity index (χ4v) is 1.84. The van der Waals surface area contributed by atoms with Crippen molar-refractivity contribution in [3.63, 3.8) is 0 Å². The fourth-order valence-electron chi connectivity index (χ4n) is 1.84. The van der Waals surface area contributed by atoms with Gasteiger partial charge in [0.05, 0.1) is 6.42 Å². The van der Waals surface area contributed by atoms with E-state index in [9.17, 15) is 13.2 Å². The summed E-state index contributed by atoms with van der Waals surface area (Å²) >= 11 is 0. The lowest BCUT2D eigenvalue weighted by atomic mass is 9.92. The molecule has 1 saturated carbocycles. The zero-order chi connectivity index (χ0) is 11.5. The molecule has 1 unspecified atom stereocenters. The number of alkyl halides is 3. The van der Waals surface area contributed by atoms with Crippen LogP contribution < -0.4 is 11.1 Å². The van der Waals surface area contributed by atoms with Crippen LogP contribution in [0.2, 0.25) is 0 Å². The monoisotopic (exact) mass is 226 g/mol. The first-order valence-corrected chi connectivity index (χ1v) is 5.13. The first kappa shape index (κ1) is 12.7. The van der Waals surface area contributed by atoms with Crippen LogP contribution in [0.15, 0.2) is 0 Å². The summed E-state index contributed by atoms with van der Waals surface area (Å²) in [5.74, 6) is 0. The van der Waals surface area contributed by atoms with Crippen molar-refractivity contribution >= 4 is 0 Å². The third kappa shape index (κ3) is 5.34. The first-order chi connectivity index (χ1) is 6.87. The minimum Gasteiger partial charge on any atom is -0.378 e. The van der Waals surface area contributed by atoms with Crippen LogP contribution in [-0.2, 0) is 0 Å². The molecule has 0 bridgehead atoms. The zero-order valence-corrected chi connectivity index (χ0v) is 8.43. The zero-order valence-electron chi connectivity index (χ0n) is 8.43. The Bertz CT molecular complexity index is 190. The molecule has 1 rings (SSSR count). The molecular formula is C9H17F3N2O. The predicted octanol–water partition coefficient (Wildman–Crippen LogP) is 1.12. The van der Waals surface area contributed by atoms with Crippen LogP contribution >= 0.6 is 0 Å². The molecule has 90 valence electrons. The maximum atomic E-state index is 11.9. The van der Waals surface area contributed by atoms with Gasteiger partial charge in [0.15, 0.2) is 0 Å². The highest BCUT2D eigenvalue weighted by atomic mass is 19.4. The highest BCUT2D eigenvalue weighted by Gasteiger charge is 2.32. The highest BCUT2D eigenvalue weighted by Crippen LogP contribution is 2.22. The van der Waals surface area contributed by atoms with E-state index in [1.165, 1.54) is 0 Å². The molecule has 0 amide bonds. The third-order valence-electron chi connectivity index (χ3n) is 2.62. The lowest BCUT2D eigenvalue weighted by Crippen LogP contribution is -2.44. The Morgan fingerprint density at radius 1 is 1.27 bits per heavy atom. The Balaban J connectivity index is 2.23. The van der Waals surface area contributed by atoms with Crippen LogP contribution in [-0.4, -0.2) is 29.6 Å². The molecule has 0 aromatic rings. The number of aliphatic hydroxyl groups excluding tert-OH is 1.